The Labute approximate surface area is 124 Å². The van der Waals surface area contributed by atoms with Crippen LogP contribution in [0.25, 0.3) is 0 Å². The van der Waals surface area contributed by atoms with Crippen LogP contribution >= 0.6 is 0 Å². The third kappa shape index (κ3) is 3.60. The lowest BCUT2D eigenvalue weighted by Gasteiger charge is -2.31. The second kappa shape index (κ2) is 6.71. The van der Waals surface area contributed by atoms with Crippen molar-refractivity contribution in [2.45, 2.75) is 78.8 Å². The zero-order valence-electron chi connectivity index (χ0n) is 13.8. The van der Waals surface area contributed by atoms with Crippen LogP contribution in [0.1, 0.15) is 74.5 Å². The summed E-state index contributed by atoms with van der Waals surface area (Å²) in [5.74, 6) is 0.852. The first-order valence-corrected chi connectivity index (χ1v) is 8.20. The van der Waals surface area contributed by atoms with Crippen molar-refractivity contribution in [3.05, 3.63) is 28.6 Å². The first kappa shape index (κ1) is 15.5. The molecule has 20 heavy (non-hydrogen) atoms. The molecule has 1 fully saturated rings. The molecule has 1 saturated carbocycles. The highest BCUT2D eigenvalue weighted by Crippen LogP contribution is 2.28. The third-order valence-electron chi connectivity index (χ3n) is 4.89. The van der Waals surface area contributed by atoms with Gasteiger partial charge in [0.25, 0.3) is 0 Å². The predicted molar refractivity (Wildman–Crippen MR) is 86.0 cm³/mol. The average Bonchev–Trinajstić information content (AvgIpc) is 2.38. The van der Waals surface area contributed by atoms with E-state index in [1.54, 1.807) is 0 Å². The molecule has 0 saturated heterocycles. The molecule has 0 spiro atoms. The van der Waals surface area contributed by atoms with Gasteiger partial charge in [-0.3, -0.25) is 4.98 Å². The lowest BCUT2D eigenvalue weighted by molar-refractivity contribution is 0.268. The van der Waals surface area contributed by atoms with Crippen LogP contribution < -0.4 is 5.32 Å². The van der Waals surface area contributed by atoms with E-state index in [1.165, 1.54) is 48.9 Å². The van der Waals surface area contributed by atoms with Crippen molar-refractivity contribution in [2.75, 3.05) is 0 Å². The number of aryl methyl sites for hydroxylation is 3. The molecular formula is C18H30N2. The summed E-state index contributed by atoms with van der Waals surface area (Å²) < 4.78 is 0. The van der Waals surface area contributed by atoms with Gasteiger partial charge in [0, 0.05) is 23.5 Å². The summed E-state index contributed by atoms with van der Waals surface area (Å²) in [5, 5.41) is 3.83. The van der Waals surface area contributed by atoms with Crippen molar-refractivity contribution in [1.29, 1.82) is 0 Å². The Bertz CT molecular complexity index is 424. The molecule has 2 atom stereocenters. The fraction of sp³-hybridized carbons (Fsp3) is 0.722. The number of nitrogens with one attached hydrogen (secondary N) is 1. The fourth-order valence-electron chi connectivity index (χ4n) is 3.94. The molecular weight excluding hydrogens is 244 g/mol. The average molecular weight is 274 g/mol. The predicted octanol–water partition coefficient (Wildman–Crippen LogP) is 4.63. The van der Waals surface area contributed by atoms with Gasteiger partial charge in [-0.1, -0.05) is 19.3 Å². The summed E-state index contributed by atoms with van der Waals surface area (Å²) in [7, 11) is 0. The van der Waals surface area contributed by atoms with Crippen molar-refractivity contribution in [1.82, 2.24) is 10.3 Å². The smallest absolute Gasteiger partial charge is 0.0426 e. The minimum atomic E-state index is 0.389. The van der Waals surface area contributed by atoms with E-state index >= 15 is 0 Å². The van der Waals surface area contributed by atoms with Gasteiger partial charge < -0.3 is 5.32 Å². The maximum atomic E-state index is 4.64. The van der Waals surface area contributed by atoms with Gasteiger partial charge in [-0.15, -0.1) is 0 Å². The van der Waals surface area contributed by atoms with E-state index in [9.17, 15) is 0 Å². The molecule has 2 heteroatoms. The van der Waals surface area contributed by atoms with Crippen molar-refractivity contribution in [2.24, 2.45) is 5.92 Å². The minimum absolute atomic E-state index is 0.389. The summed E-state index contributed by atoms with van der Waals surface area (Å²) >= 11 is 0. The van der Waals surface area contributed by atoms with Gasteiger partial charge in [0.2, 0.25) is 0 Å². The van der Waals surface area contributed by atoms with E-state index in [-0.39, 0.29) is 0 Å². The molecule has 0 radical (unpaired) electrons. The first-order chi connectivity index (χ1) is 9.49. The number of hydrogen-bond acceptors (Lipinski definition) is 2. The molecule has 2 unspecified atom stereocenters. The van der Waals surface area contributed by atoms with Crippen LogP contribution in [-0.2, 0) is 0 Å². The van der Waals surface area contributed by atoms with E-state index < -0.39 is 0 Å². The van der Waals surface area contributed by atoms with Crippen molar-refractivity contribution < 1.29 is 0 Å². The zero-order valence-corrected chi connectivity index (χ0v) is 13.8. The van der Waals surface area contributed by atoms with Gasteiger partial charge in [-0.05, 0) is 70.6 Å². The number of aromatic nitrogens is 1. The Hall–Kier alpha value is -0.890. The highest BCUT2D eigenvalue weighted by atomic mass is 15.0. The molecule has 0 amide bonds. The lowest BCUT2D eigenvalue weighted by Crippen LogP contribution is -2.36. The minimum Gasteiger partial charge on any atom is -0.307 e. The van der Waals surface area contributed by atoms with Crippen molar-refractivity contribution >= 4 is 0 Å². The van der Waals surface area contributed by atoms with Gasteiger partial charge in [0.1, 0.15) is 0 Å². The summed E-state index contributed by atoms with van der Waals surface area (Å²) in [4.78, 5) is 4.64. The molecule has 2 nitrogen and oxygen atoms in total. The Morgan fingerprint density at radius 2 is 1.75 bits per heavy atom. The van der Waals surface area contributed by atoms with E-state index in [0.29, 0.717) is 12.1 Å². The molecule has 0 aromatic carbocycles. The molecule has 1 aliphatic rings. The van der Waals surface area contributed by atoms with Gasteiger partial charge in [-0.2, -0.15) is 0 Å². The largest absolute Gasteiger partial charge is 0.307 e. The van der Waals surface area contributed by atoms with Crippen molar-refractivity contribution in [3.8, 4) is 0 Å². The van der Waals surface area contributed by atoms with Crippen LogP contribution in [-0.4, -0.2) is 11.0 Å². The Morgan fingerprint density at radius 1 is 1.10 bits per heavy atom. The van der Waals surface area contributed by atoms with Crippen LogP contribution in [0.2, 0.25) is 0 Å². The normalized spacial score (nSPS) is 19.9. The first-order valence-electron chi connectivity index (χ1n) is 8.20. The highest BCUT2D eigenvalue weighted by molar-refractivity contribution is 5.33. The summed E-state index contributed by atoms with van der Waals surface area (Å²) in [6.45, 7) is 11.1. The maximum absolute atomic E-state index is 4.64. The third-order valence-corrected chi connectivity index (χ3v) is 4.89. The Kier molecular flexibility index (Phi) is 5.20. The van der Waals surface area contributed by atoms with Crippen molar-refractivity contribution in [3.63, 3.8) is 0 Å². The molecule has 1 aromatic heterocycles. The van der Waals surface area contributed by atoms with Gasteiger partial charge >= 0.3 is 0 Å². The molecule has 1 aromatic rings. The standard InChI is InChI=1S/C18H30N2/c1-12-11-13(2)19-15(4)18(12)16(5)20-14(3)17-9-7-6-8-10-17/h11,14,16-17,20H,6-10H2,1-5H3. The van der Waals surface area contributed by atoms with E-state index in [2.05, 4.69) is 51.0 Å². The molecule has 2 rings (SSSR count). The molecule has 1 N–H and O–H groups in total. The van der Waals surface area contributed by atoms with Gasteiger partial charge in [-0.25, -0.2) is 0 Å². The molecule has 1 heterocycles. The number of rotatable bonds is 4. The second-order valence-corrected chi connectivity index (χ2v) is 6.65. The second-order valence-electron chi connectivity index (χ2n) is 6.65. The van der Waals surface area contributed by atoms with Gasteiger partial charge in [0.15, 0.2) is 0 Å². The number of nitrogens with zero attached hydrogens (tertiary/aromatic N) is 1. The van der Waals surface area contributed by atoms with E-state index in [1.807, 2.05) is 0 Å². The monoisotopic (exact) mass is 274 g/mol. The fourth-order valence-corrected chi connectivity index (χ4v) is 3.94. The van der Waals surface area contributed by atoms with Crippen LogP contribution in [0.4, 0.5) is 0 Å². The van der Waals surface area contributed by atoms with Crippen LogP contribution in [0.3, 0.4) is 0 Å². The summed E-state index contributed by atoms with van der Waals surface area (Å²) in [5.41, 5.74) is 5.05. The zero-order chi connectivity index (χ0) is 14.7. The SMILES string of the molecule is Cc1cc(C)c(C(C)NC(C)C2CCCCC2)c(C)n1. The van der Waals surface area contributed by atoms with Crippen LogP contribution in [0.15, 0.2) is 6.07 Å². The molecule has 0 aliphatic heterocycles. The maximum Gasteiger partial charge on any atom is 0.0426 e. The summed E-state index contributed by atoms with van der Waals surface area (Å²) in [6, 6.07) is 3.19. The molecule has 0 bridgehead atoms. The van der Waals surface area contributed by atoms with Gasteiger partial charge in [0.05, 0.1) is 0 Å². The number of pyridine rings is 1. The quantitative estimate of drug-likeness (QED) is 0.866. The van der Waals surface area contributed by atoms with Crippen LogP contribution in [0, 0.1) is 26.7 Å². The van der Waals surface area contributed by atoms with E-state index in [0.717, 1.165) is 11.6 Å². The Morgan fingerprint density at radius 3 is 2.35 bits per heavy atom. The number of hydrogen-bond donors (Lipinski definition) is 1. The molecule has 112 valence electrons. The van der Waals surface area contributed by atoms with E-state index in [4.69, 9.17) is 0 Å². The Balaban J connectivity index is 2.06. The van der Waals surface area contributed by atoms with Crippen LogP contribution in [0.5, 0.6) is 0 Å². The highest BCUT2D eigenvalue weighted by Gasteiger charge is 2.22. The topological polar surface area (TPSA) is 24.9 Å². The molecule has 1 aliphatic carbocycles. The lowest BCUT2D eigenvalue weighted by atomic mass is 9.84. The summed E-state index contributed by atoms with van der Waals surface area (Å²) in [6.07, 6.45) is 7.04.